The van der Waals surface area contributed by atoms with Crippen LogP contribution < -0.4 is 9.44 Å². The first-order valence-electron chi connectivity index (χ1n) is 5.93. The van der Waals surface area contributed by atoms with Gasteiger partial charge in [0.2, 0.25) is 0 Å². The number of nitrogens with two attached hydrogens (primary N) is 1. The van der Waals surface area contributed by atoms with Crippen molar-refractivity contribution in [3.63, 3.8) is 0 Å². The Morgan fingerprint density at radius 1 is 1.33 bits per heavy atom. The zero-order valence-corrected chi connectivity index (χ0v) is 12.9. The van der Waals surface area contributed by atoms with Crippen molar-refractivity contribution < 1.29 is 17.9 Å². The predicted molar refractivity (Wildman–Crippen MR) is 82.2 cm³/mol. The van der Waals surface area contributed by atoms with Crippen LogP contribution in [0, 0.1) is 0 Å². The Morgan fingerprint density at radius 3 is 2.57 bits per heavy atom. The van der Waals surface area contributed by atoms with Gasteiger partial charge in [0.1, 0.15) is 6.54 Å². The highest BCUT2D eigenvalue weighted by molar-refractivity contribution is 7.90. The number of esters is 1. The van der Waals surface area contributed by atoms with Crippen LogP contribution in [0.2, 0.25) is 0 Å². The van der Waals surface area contributed by atoms with Crippen LogP contribution in [0.5, 0.6) is 0 Å². The normalized spacial score (nSPS) is 11.1. The molecule has 1 aromatic carbocycles. The Hall–Kier alpha value is -1.90. The average Bonchev–Trinajstić information content (AvgIpc) is 2.93. The summed E-state index contributed by atoms with van der Waals surface area (Å²) in [6, 6.07) is 11.2. The SMILES string of the molecule is COC(=O)CN(c1csc(-c2ccccc2)c1)S(N)(=O)=O. The van der Waals surface area contributed by atoms with Gasteiger partial charge in [-0.05, 0) is 11.6 Å². The van der Waals surface area contributed by atoms with Crippen LogP contribution in [0.4, 0.5) is 5.69 Å². The summed E-state index contributed by atoms with van der Waals surface area (Å²) < 4.78 is 28.6. The molecule has 2 aromatic rings. The molecule has 0 aliphatic heterocycles. The summed E-state index contributed by atoms with van der Waals surface area (Å²) >= 11 is 1.37. The minimum Gasteiger partial charge on any atom is -0.468 e. The molecule has 0 spiro atoms. The summed E-state index contributed by atoms with van der Waals surface area (Å²) in [5.41, 5.74) is 1.30. The van der Waals surface area contributed by atoms with Gasteiger partial charge in [0.25, 0.3) is 10.2 Å². The molecule has 21 heavy (non-hydrogen) atoms. The van der Waals surface area contributed by atoms with E-state index in [2.05, 4.69) is 4.74 Å². The standard InChI is InChI=1S/C13H14N2O4S2/c1-19-13(16)8-15(21(14,17)18)11-7-12(20-9-11)10-5-3-2-4-6-10/h2-7,9H,8H2,1H3,(H2,14,17,18). The Labute approximate surface area is 126 Å². The largest absolute Gasteiger partial charge is 0.468 e. The van der Waals surface area contributed by atoms with E-state index >= 15 is 0 Å². The van der Waals surface area contributed by atoms with Crippen molar-refractivity contribution in [2.75, 3.05) is 18.0 Å². The van der Waals surface area contributed by atoms with Gasteiger partial charge in [0.05, 0.1) is 12.8 Å². The van der Waals surface area contributed by atoms with Gasteiger partial charge in [0, 0.05) is 10.3 Å². The van der Waals surface area contributed by atoms with Crippen LogP contribution in [0.25, 0.3) is 10.4 Å². The van der Waals surface area contributed by atoms with Crippen LogP contribution in [0.15, 0.2) is 41.8 Å². The Kier molecular flexibility index (Phi) is 4.61. The first kappa shape index (κ1) is 15.5. The van der Waals surface area contributed by atoms with Crippen LogP contribution in [-0.4, -0.2) is 28.0 Å². The molecule has 0 saturated carbocycles. The monoisotopic (exact) mass is 326 g/mol. The molecule has 0 fully saturated rings. The van der Waals surface area contributed by atoms with Gasteiger partial charge in [-0.1, -0.05) is 30.3 Å². The molecule has 8 heteroatoms. The third-order valence-electron chi connectivity index (χ3n) is 2.74. The van der Waals surface area contributed by atoms with Crippen molar-refractivity contribution in [2.45, 2.75) is 0 Å². The molecular weight excluding hydrogens is 312 g/mol. The predicted octanol–water partition coefficient (Wildman–Crippen LogP) is 1.60. The number of benzene rings is 1. The lowest BCUT2D eigenvalue weighted by atomic mass is 10.2. The molecule has 0 aliphatic rings. The Morgan fingerprint density at radius 2 is 2.00 bits per heavy atom. The number of methoxy groups -OCH3 is 1. The quantitative estimate of drug-likeness (QED) is 0.845. The highest BCUT2D eigenvalue weighted by Crippen LogP contribution is 2.32. The Bertz CT molecular complexity index is 726. The molecule has 6 nitrogen and oxygen atoms in total. The van der Waals surface area contributed by atoms with Crippen LogP contribution in [0.3, 0.4) is 0 Å². The smallest absolute Gasteiger partial charge is 0.326 e. The summed E-state index contributed by atoms with van der Waals surface area (Å²) in [5, 5.41) is 6.79. The summed E-state index contributed by atoms with van der Waals surface area (Å²) in [7, 11) is -2.87. The maximum absolute atomic E-state index is 11.6. The second kappa shape index (κ2) is 6.25. The third kappa shape index (κ3) is 3.81. The number of hydrogen-bond acceptors (Lipinski definition) is 5. The van der Waals surface area contributed by atoms with E-state index in [4.69, 9.17) is 5.14 Å². The van der Waals surface area contributed by atoms with E-state index in [1.54, 1.807) is 11.4 Å². The molecule has 0 amide bonds. The van der Waals surface area contributed by atoms with Crippen molar-refractivity contribution in [1.82, 2.24) is 0 Å². The van der Waals surface area contributed by atoms with E-state index in [0.717, 1.165) is 14.7 Å². The van der Waals surface area contributed by atoms with E-state index in [-0.39, 0.29) is 0 Å². The summed E-state index contributed by atoms with van der Waals surface area (Å²) in [6.45, 7) is -0.458. The maximum Gasteiger partial charge on any atom is 0.326 e. The highest BCUT2D eigenvalue weighted by atomic mass is 32.2. The Balaban J connectivity index is 2.34. The fourth-order valence-electron chi connectivity index (χ4n) is 1.72. The van der Waals surface area contributed by atoms with Gasteiger partial charge in [-0.25, -0.2) is 9.44 Å². The summed E-state index contributed by atoms with van der Waals surface area (Å²) in [6.07, 6.45) is 0. The molecule has 2 N–H and O–H groups in total. The van der Waals surface area contributed by atoms with Crippen molar-refractivity contribution in [3.05, 3.63) is 41.8 Å². The molecule has 0 saturated heterocycles. The van der Waals surface area contributed by atoms with Crippen molar-refractivity contribution in [2.24, 2.45) is 5.14 Å². The van der Waals surface area contributed by atoms with Gasteiger partial charge >= 0.3 is 5.97 Å². The minimum atomic E-state index is -4.05. The van der Waals surface area contributed by atoms with E-state index in [0.29, 0.717) is 5.69 Å². The second-order valence-corrected chi connectivity index (χ2v) is 6.54. The summed E-state index contributed by atoms with van der Waals surface area (Å²) in [5.74, 6) is -0.684. The van der Waals surface area contributed by atoms with E-state index in [1.165, 1.54) is 18.4 Å². The van der Waals surface area contributed by atoms with Gasteiger partial charge in [-0.2, -0.15) is 8.42 Å². The first-order valence-corrected chi connectivity index (χ1v) is 8.31. The lowest BCUT2D eigenvalue weighted by Crippen LogP contribution is -2.40. The minimum absolute atomic E-state index is 0.340. The average molecular weight is 326 g/mol. The second-order valence-electron chi connectivity index (χ2n) is 4.16. The zero-order valence-electron chi connectivity index (χ0n) is 11.2. The van der Waals surface area contributed by atoms with Crippen molar-refractivity contribution >= 4 is 33.2 Å². The van der Waals surface area contributed by atoms with Gasteiger partial charge in [0.15, 0.2) is 0 Å². The molecule has 0 bridgehead atoms. The number of anilines is 1. The van der Waals surface area contributed by atoms with Crippen LogP contribution in [-0.2, 0) is 19.7 Å². The summed E-state index contributed by atoms with van der Waals surface area (Å²) in [4.78, 5) is 12.2. The number of ether oxygens (including phenoxy) is 1. The fraction of sp³-hybridized carbons (Fsp3) is 0.154. The van der Waals surface area contributed by atoms with Gasteiger partial charge in [-0.15, -0.1) is 11.3 Å². The van der Waals surface area contributed by atoms with E-state index in [9.17, 15) is 13.2 Å². The number of carbonyl (C=O) groups is 1. The molecule has 1 aromatic heterocycles. The molecule has 0 atom stereocenters. The van der Waals surface area contributed by atoms with Crippen LogP contribution >= 0.6 is 11.3 Å². The van der Waals surface area contributed by atoms with E-state index in [1.807, 2.05) is 30.3 Å². The molecular formula is C13H14N2O4S2. The molecule has 0 aliphatic carbocycles. The topological polar surface area (TPSA) is 89.7 Å². The number of nitrogens with zero attached hydrogens (tertiary/aromatic N) is 1. The highest BCUT2D eigenvalue weighted by Gasteiger charge is 2.23. The fourth-order valence-corrected chi connectivity index (χ4v) is 3.38. The number of rotatable bonds is 5. The molecule has 2 rings (SSSR count). The van der Waals surface area contributed by atoms with Crippen molar-refractivity contribution in [1.29, 1.82) is 0 Å². The molecule has 0 radical (unpaired) electrons. The number of thiophene rings is 1. The number of hydrogen-bond donors (Lipinski definition) is 1. The first-order chi connectivity index (χ1) is 9.91. The molecule has 112 valence electrons. The lowest BCUT2D eigenvalue weighted by molar-refractivity contribution is -0.138. The number of carbonyl (C=O) groups excluding carboxylic acids is 1. The maximum atomic E-state index is 11.6. The molecule has 0 unspecified atom stereocenters. The zero-order chi connectivity index (χ0) is 15.5. The van der Waals surface area contributed by atoms with Gasteiger partial charge < -0.3 is 4.74 Å². The lowest BCUT2D eigenvalue weighted by Gasteiger charge is -2.18. The van der Waals surface area contributed by atoms with Crippen molar-refractivity contribution in [3.8, 4) is 10.4 Å². The third-order valence-corrected chi connectivity index (χ3v) is 4.66. The van der Waals surface area contributed by atoms with Gasteiger partial charge in [-0.3, -0.25) is 4.79 Å². The molecule has 1 heterocycles. The van der Waals surface area contributed by atoms with Crippen LogP contribution in [0.1, 0.15) is 0 Å². The van der Waals surface area contributed by atoms with E-state index < -0.39 is 22.7 Å².